The average molecular weight is 386 g/mol. The largest absolute Gasteiger partial charge is 0.357 e. The molecular formula is C17H21Cl2N3O3. The highest BCUT2D eigenvalue weighted by molar-refractivity contribution is 6.42. The molecule has 2 N–H and O–H groups in total. The van der Waals surface area contributed by atoms with Crippen LogP contribution in [0, 0.1) is 5.92 Å². The lowest BCUT2D eigenvalue weighted by atomic mass is 9.99. The summed E-state index contributed by atoms with van der Waals surface area (Å²) in [5.74, 6) is -0.849. The molecule has 0 fully saturated rings. The van der Waals surface area contributed by atoms with Gasteiger partial charge in [0.05, 0.1) is 16.1 Å². The minimum absolute atomic E-state index is 0.0856. The Kier molecular flexibility index (Phi) is 6.30. The molecule has 25 heavy (non-hydrogen) atoms. The van der Waals surface area contributed by atoms with Gasteiger partial charge in [-0.2, -0.15) is 0 Å². The summed E-state index contributed by atoms with van der Waals surface area (Å²) in [4.78, 5) is 37.1. The van der Waals surface area contributed by atoms with Crippen molar-refractivity contribution in [2.24, 2.45) is 5.92 Å². The van der Waals surface area contributed by atoms with Gasteiger partial charge in [-0.15, -0.1) is 0 Å². The van der Waals surface area contributed by atoms with E-state index >= 15 is 0 Å². The van der Waals surface area contributed by atoms with Gasteiger partial charge in [-0.1, -0.05) is 30.1 Å². The third-order valence-corrected chi connectivity index (χ3v) is 5.29. The molecule has 8 heteroatoms. The molecule has 2 rings (SSSR count). The summed E-state index contributed by atoms with van der Waals surface area (Å²) in [5.41, 5.74) is 1.94. The van der Waals surface area contributed by atoms with Crippen LogP contribution in [0.15, 0.2) is 12.1 Å². The summed E-state index contributed by atoms with van der Waals surface area (Å²) in [6, 6.07) is 2.71. The lowest BCUT2D eigenvalue weighted by Gasteiger charge is -2.27. The van der Waals surface area contributed by atoms with Gasteiger partial charge in [0, 0.05) is 19.5 Å². The maximum absolute atomic E-state index is 12.9. The Labute approximate surface area is 156 Å². The number of benzene rings is 1. The average Bonchev–Trinajstić information content (AvgIpc) is 2.89. The highest BCUT2D eigenvalue weighted by Gasteiger charge is 2.34. The van der Waals surface area contributed by atoms with Crippen LogP contribution in [0.2, 0.25) is 10.0 Å². The molecule has 0 aliphatic carbocycles. The number of nitrogens with one attached hydrogen (secondary N) is 2. The number of hydrogen-bond acceptors (Lipinski definition) is 3. The number of carbonyl (C=O) groups excluding carboxylic acids is 3. The second-order valence-corrected chi connectivity index (χ2v) is 7.01. The highest BCUT2D eigenvalue weighted by Crippen LogP contribution is 2.38. The number of nitrogens with zero attached hydrogens (tertiary/aromatic N) is 1. The van der Waals surface area contributed by atoms with Gasteiger partial charge in [-0.05, 0) is 36.6 Å². The first kappa shape index (κ1) is 19.5. The number of amides is 3. The standard InChI is InChI=1S/C17H21Cl2N3O3/c1-9(4-15(21-8-23)16(24)20-3)17(25)22-7-11-5-13(18)14(19)6-12(11)10(22)2/h5-6,8-10,15H,4,7H2,1-3H3,(H,20,24)(H,21,23). The number of carbonyl (C=O) groups is 3. The van der Waals surface area contributed by atoms with E-state index in [4.69, 9.17) is 23.2 Å². The minimum atomic E-state index is -0.745. The van der Waals surface area contributed by atoms with E-state index in [0.29, 0.717) is 23.0 Å². The lowest BCUT2D eigenvalue weighted by Crippen LogP contribution is -2.45. The minimum Gasteiger partial charge on any atom is -0.357 e. The van der Waals surface area contributed by atoms with Crippen LogP contribution in [0.25, 0.3) is 0 Å². The fourth-order valence-electron chi connectivity index (χ4n) is 3.13. The van der Waals surface area contributed by atoms with E-state index in [2.05, 4.69) is 10.6 Å². The third kappa shape index (κ3) is 4.07. The summed E-state index contributed by atoms with van der Waals surface area (Å²) >= 11 is 12.1. The van der Waals surface area contributed by atoms with E-state index in [1.807, 2.05) is 6.92 Å². The highest BCUT2D eigenvalue weighted by atomic mass is 35.5. The van der Waals surface area contributed by atoms with Crippen LogP contribution in [0.1, 0.15) is 37.4 Å². The van der Waals surface area contributed by atoms with Gasteiger partial charge in [0.2, 0.25) is 18.2 Å². The zero-order valence-electron chi connectivity index (χ0n) is 14.3. The van der Waals surface area contributed by atoms with Crippen molar-refractivity contribution < 1.29 is 14.4 Å². The molecule has 3 amide bonds. The quantitative estimate of drug-likeness (QED) is 0.737. The Morgan fingerprint density at radius 3 is 2.60 bits per heavy atom. The molecular weight excluding hydrogens is 365 g/mol. The van der Waals surface area contributed by atoms with Crippen molar-refractivity contribution in [3.63, 3.8) is 0 Å². The number of halogens is 2. The van der Waals surface area contributed by atoms with Gasteiger partial charge in [0.1, 0.15) is 6.04 Å². The number of likely N-dealkylation sites (N-methyl/N-ethyl adjacent to an activating group) is 1. The maximum Gasteiger partial charge on any atom is 0.242 e. The second kappa shape index (κ2) is 8.06. The van der Waals surface area contributed by atoms with E-state index in [0.717, 1.165) is 11.1 Å². The topological polar surface area (TPSA) is 78.5 Å². The van der Waals surface area contributed by atoms with E-state index in [9.17, 15) is 14.4 Å². The van der Waals surface area contributed by atoms with Gasteiger partial charge in [-0.25, -0.2) is 0 Å². The normalized spacial score (nSPS) is 18.3. The molecule has 0 saturated heterocycles. The van der Waals surface area contributed by atoms with Crippen LogP contribution in [0.5, 0.6) is 0 Å². The first-order chi connectivity index (χ1) is 11.8. The second-order valence-electron chi connectivity index (χ2n) is 6.20. The Morgan fingerprint density at radius 1 is 1.36 bits per heavy atom. The molecule has 3 unspecified atom stereocenters. The van der Waals surface area contributed by atoms with Crippen molar-refractivity contribution in [2.75, 3.05) is 7.05 Å². The van der Waals surface area contributed by atoms with Crippen molar-refractivity contribution in [3.05, 3.63) is 33.3 Å². The Balaban J connectivity index is 2.12. The van der Waals surface area contributed by atoms with Crippen LogP contribution in [0.4, 0.5) is 0 Å². The summed E-state index contributed by atoms with van der Waals surface area (Å²) in [6.07, 6.45) is 0.688. The van der Waals surface area contributed by atoms with Crippen molar-refractivity contribution in [2.45, 2.75) is 38.9 Å². The lowest BCUT2D eigenvalue weighted by molar-refractivity contribution is -0.138. The molecule has 1 aromatic rings. The summed E-state index contributed by atoms with van der Waals surface area (Å²) in [7, 11) is 1.49. The number of fused-ring (bicyclic) bond motifs is 1. The Bertz CT molecular complexity index is 696. The molecule has 0 saturated carbocycles. The van der Waals surface area contributed by atoms with Crippen molar-refractivity contribution >= 4 is 41.4 Å². The summed E-state index contributed by atoms with van der Waals surface area (Å²) in [5, 5.41) is 5.86. The molecule has 1 aliphatic rings. The molecule has 0 spiro atoms. The van der Waals surface area contributed by atoms with E-state index < -0.39 is 12.0 Å². The summed E-state index contributed by atoms with van der Waals surface area (Å²) in [6.45, 7) is 4.13. The third-order valence-electron chi connectivity index (χ3n) is 4.57. The monoisotopic (exact) mass is 385 g/mol. The predicted octanol–water partition coefficient (Wildman–Crippen LogP) is 2.28. The molecule has 136 valence electrons. The van der Waals surface area contributed by atoms with Gasteiger partial charge in [0.15, 0.2) is 0 Å². The van der Waals surface area contributed by atoms with Gasteiger partial charge >= 0.3 is 0 Å². The predicted molar refractivity (Wildman–Crippen MR) is 96.3 cm³/mol. The SMILES string of the molecule is CNC(=O)C(CC(C)C(=O)N1Cc2cc(Cl)c(Cl)cc2C1C)NC=O. The maximum atomic E-state index is 12.9. The van der Waals surface area contributed by atoms with Crippen LogP contribution in [-0.4, -0.2) is 36.2 Å². The smallest absolute Gasteiger partial charge is 0.242 e. The van der Waals surface area contributed by atoms with Crippen LogP contribution >= 0.6 is 23.2 Å². The van der Waals surface area contributed by atoms with Crippen molar-refractivity contribution in [1.29, 1.82) is 0 Å². The molecule has 0 radical (unpaired) electrons. The molecule has 0 aromatic heterocycles. The molecule has 3 atom stereocenters. The molecule has 0 bridgehead atoms. The van der Waals surface area contributed by atoms with Gasteiger partial charge in [-0.3, -0.25) is 14.4 Å². The Hall–Kier alpha value is -1.79. The first-order valence-corrected chi connectivity index (χ1v) is 8.75. The van der Waals surface area contributed by atoms with Gasteiger partial charge in [0.25, 0.3) is 0 Å². The van der Waals surface area contributed by atoms with Gasteiger partial charge < -0.3 is 15.5 Å². The van der Waals surface area contributed by atoms with Crippen molar-refractivity contribution in [3.8, 4) is 0 Å². The Morgan fingerprint density at radius 2 is 2.00 bits per heavy atom. The van der Waals surface area contributed by atoms with Crippen LogP contribution in [-0.2, 0) is 20.9 Å². The fourth-order valence-corrected chi connectivity index (χ4v) is 3.49. The zero-order valence-corrected chi connectivity index (χ0v) is 15.8. The first-order valence-electron chi connectivity index (χ1n) is 7.99. The molecule has 1 aliphatic heterocycles. The van der Waals surface area contributed by atoms with Crippen LogP contribution in [0.3, 0.4) is 0 Å². The van der Waals surface area contributed by atoms with E-state index in [1.165, 1.54) is 7.05 Å². The van der Waals surface area contributed by atoms with E-state index in [-0.39, 0.29) is 24.3 Å². The fraction of sp³-hybridized carbons (Fsp3) is 0.471. The zero-order chi connectivity index (χ0) is 18.7. The number of rotatable bonds is 6. The molecule has 1 heterocycles. The van der Waals surface area contributed by atoms with E-state index in [1.54, 1.807) is 24.0 Å². The molecule has 1 aromatic carbocycles. The number of hydrogen-bond donors (Lipinski definition) is 2. The van der Waals surface area contributed by atoms with Crippen LogP contribution < -0.4 is 10.6 Å². The van der Waals surface area contributed by atoms with Crippen molar-refractivity contribution in [1.82, 2.24) is 15.5 Å². The molecule has 6 nitrogen and oxygen atoms in total. The summed E-state index contributed by atoms with van der Waals surface area (Å²) < 4.78 is 0.